The maximum atomic E-state index is 12.2. The van der Waals surface area contributed by atoms with Crippen LogP contribution in [-0.2, 0) is 0 Å². The monoisotopic (exact) mass is 247 g/mol. The predicted molar refractivity (Wildman–Crippen MR) is 55.2 cm³/mol. The van der Waals surface area contributed by atoms with E-state index in [0.717, 1.165) is 0 Å². The Hall–Kier alpha value is 1.19. The van der Waals surface area contributed by atoms with Gasteiger partial charge in [0.05, 0.1) is 0 Å². The average Bonchev–Trinajstić information content (AvgIpc) is 2.00. The number of hydrogen-bond donors (Lipinski definition) is 0. The molecule has 0 radical (unpaired) electrons. The van der Waals surface area contributed by atoms with E-state index in [-0.39, 0.29) is 57.9 Å². The minimum Gasteiger partial charge on any atom is -0.445 e. The molecule has 0 saturated carbocycles. The van der Waals surface area contributed by atoms with Crippen molar-refractivity contribution in [3.8, 4) is 0 Å². The SMILES string of the molecule is C=C(CN(CC)CC(C)C)[B-](F)(F)F.[K+]. The van der Waals surface area contributed by atoms with Crippen molar-refractivity contribution in [2.75, 3.05) is 19.6 Å². The summed E-state index contributed by atoms with van der Waals surface area (Å²) >= 11 is 0. The summed E-state index contributed by atoms with van der Waals surface area (Å²) < 4.78 is 36.7. The first-order valence-corrected chi connectivity index (χ1v) is 4.87. The summed E-state index contributed by atoms with van der Waals surface area (Å²) in [6, 6.07) is 0. The molecule has 15 heavy (non-hydrogen) atoms. The third-order valence-corrected chi connectivity index (χ3v) is 1.96. The van der Waals surface area contributed by atoms with Crippen LogP contribution in [0.5, 0.6) is 0 Å². The van der Waals surface area contributed by atoms with Crippen LogP contribution in [0.1, 0.15) is 20.8 Å². The Morgan fingerprint density at radius 2 is 1.80 bits per heavy atom. The predicted octanol–water partition coefficient (Wildman–Crippen LogP) is -0.0889. The van der Waals surface area contributed by atoms with Gasteiger partial charge in [0, 0.05) is 6.54 Å². The van der Waals surface area contributed by atoms with Crippen molar-refractivity contribution in [2.24, 2.45) is 5.92 Å². The minimum absolute atomic E-state index is 0. The molecule has 0 unspecified atom stereocenters. The summed E-state index contributed by atoms with van der Waals surface area (Å²) in [5, 5.41) is 0. The largest absolute Gasteiger partial charge is 1.00 e. The molecule has 0 N–H and O–H groups in total. The molecule has 0 fully saturated rings. The van der Waals surface area contributed by atoms with E-state index in [2.05, 4.69) is 6.58 Å². The Bertz CT molecular complexity index is 194. The van der Waals surface area contributed by atoms with Crippen LogP contribution in [0.4, 0.5) is 12.9 Å². The smallest absolute Gasteiger partial charge is 0.445 e. The summed E-state index contributed by atoms with van der Waals surface area (Å²) in [5.41, 5.74) is -0.604. The molecule has 0 saturated heterocycles. The average molecular weight is 247 g/mol. The molecule has 0 aromatic heterocycles. The zero-order valence-electron chi connectivity index (χ0n) is 10.1. The van der Waals surface area contributed by atoms with Gasteiger partial charge in [-0.1, -0.05) is 20.8 Å². The van der Waals surface area contributed by atoms with Crippen molar-refractivity contribution in [3.63, 3.8) is 0 Å². The molecule has 0 rings (SSSR count). The number of likely N-dealkylation sites (N-methyl/N-ethyl adjacent to an activating group) is 1. The Kier molecular flexibility index (Phi) is 10.3. The first-order valence-electron chi connectivity index (χ1n) is 4.87. The van der Waals surface area contributed by atoms with Gasteiger partial charge in [0.1, 0.15) is 0 Å². The van der Waals surface area contributed by atoms with Crippen LogP contribution >= 0.6 is 0 Å². The molecule has 0 spiro atoms. The topological polar surface area (TPSA) is 3.24 Å². The van der Waals surface area contributed by atoms with Gasteiger partial charge in [-0.25, -0.2) is 0 Å². The van der Waals surface area contributed by atoms with Crippen LogP contribution in [-0.4, -0.2) is 31.5 Å². The van der Waals surface area contributed by atoms with Crippen molar-refractivity contribution >= 4 is 6.98 Å². The van der Waals surface area contributed by atoms with Crippen molar-refractivity contribution in [3.05, 3.63) is 12.1 Å². The molecule has 0 atom stereocenters. The molecule has 0 aliphatic carbocycles. The van der Waals surface area contributed by atoms with Crippen molar-refractivity contribution in [1.29, 1.82) is 0 Å². The fourth-order valence-corrected chi connectivity index (χ4v) is 1.21. The van der Waals surface area contributed by atoms with E-state index in [1.54, 1.807) is 4.90 Å². The molecular weight excluding hydrogens is 229 g/mol. The summed E-state index contributed by atoms with van der Waals surface area (Å²) in [5.74, 6) is 0.378. The van der Waals surface area contributed by atoms with Crippen LogP contribution in [0.3, 0.4) is 0 Å². The van der Waals surface area contributed by atoms with Gasteiger partial charge in [0.15, 0.2) is 0 Å². The second kappa shape index (κ2) is 8.31. The molecule has 0 aliphatic rings. The van der Waals surface area contributed by atoms with Gasteiger partial charge >= 0.3 is 58.4 Å². The number of halogens is 3. The fourth-order valence-electron chi connectivity index (χ4n) is 1.21. The van der Waals surface area contributed by atoms with Crippen LogP contribution in [0.2, 0.25) is 0 Å². The maximum absolute atomic E-state index is 12.2. The van der Waals surface area contributed by atoms with Gasteiger partial charge < -0.3 is 17.8 Å². The Morgan fingerprint density at radius 1 is 1.33 bits per heavy atom. The quantitative estimate of drug-likeness (QED) is 0.593. The Labute approximate surface area is 133 Å². The summed E-state index contributed by atoms with van der Waals surface area (Å²) in [4.78, 5) is 1.77. The van der Waals surface area contributed by atoms with Crippen molar-refractivity contribution < 1.29 is 64.3 Å². The fraction of sp³-hybridized carbons (Fsp3) is 0.778. The van der Waals surface area contributed by atoms with E-state index >= 15 is 0 Å². The van der Waals surface area contributed by atoms with Gasteiger partial charge in [-0.15, -0.1) is 12.1 Å². The Balaban J connectivity index is 0. The second-order valence-electron chi connectivity index (χ2n) is 3.95. The molecule has 0 bridgehead atoms. The van der Waals surface area contributed by atoms with Gasteiger partial charge in [-0.2, -0.15) is 0 Å². The van der Waals surface area contributed by atoms with Gasteiger partial charge in [0.25, 0.3) is 0 Å². The third kappa shape index (κ3) is 8.94. The number of hydrogen-bond acceptors (Lipinski definition) is 1. The molecule has 0 aromatic carbocycles. The second-order valence-corrected chi connectivity index (χ2v) is 3.95. The van der Waals surface area contributed by atoms with E-state index in [1.807, 2.05) is 20.8 Å². The number of rotatable bonds is 6. The molecule has 84 valence electrons. The standard InChI is InChI=1S/C9H18BF3N.K/c1-5-14(6-8(2)3)7-9(4)10(11,12)13;/h8H,4-7H2,1-3H3;/q-1;+1. The van der Waals surface area contributed by atoms with E-state index < -0.39 is 12.4 Å². The molecule has 6 heteroatoms. The maximum Gasteiger partial charge on any atom is 1.00 e. The van der Waals surface area contributed by atoms with Gasteiger partial charge in [-0.05, 0) is 19.0 Å². The normalized spacial score (nSPS) is 11.7. The summed E-state index contributed by atoms with van der Waals surface area (Å²) in [7, 11) is 0. The minimum atomic E-state index is -4.87. The van der Waals surface area contributed by atoms with Crippen molar-refractivity contribution in [1.82, 2.24) is 4.90 Å². The van der Waals surface area contributed by atoms with Crippen LogP contribution in [0.15, 0.2) is 12.1 Å². The van der Waals surface area contributed by atoms with Crippen LogP contribution < -0.4 is 51.4 Å². The van der Waals surface area contributed by atoms with Crippen LogP contribution in [0, 0.1) is 5.92 Å². The molecular formula is C9H18BF3KN. The molecule has 1 nitrogen and oxygen atoms in total. The first kappa shape index (κ1) is 18.6. The van der Waals surface area contributed by atoms with Crippen LogP contribution in [0.25, 0.3) is 0 Å². The van der Waals surface area contributed by atoms with E-state index in [0.29, 0.717) is 19.0 Å². The van der Waals surface area contributed by atoms with Crippen molar-refractivity contribution in [2.45, 2.75) is 20.8 Å². The molecule has 0 aliphatic heterocycles. The summed E-state index contributed by atoms with van der Waals surface area (Å²) in [6.07, 6.45) is 0. The zero-order valence-corrected chi connectivity index (χ0v) is 13.2. The summed E-state index contributed by atoms with van der Waals surface area (Å²) in [6.45, 7) is 5.30. The molecule has 0 aromatic rings. The van der Waals surface area contributed by atoms with Gasteiger partial charge in [-0.3, -0.25) is 0 Å². The molecule has 0 heterocycles. The third-order valence-electron chi connectivity index (χ3n) is 1.96. The molecule has 0 amide bonds. The van der Waals surface area contributed by atoms with E-state index in [1.165, 1.54) is 0 Å². The van der Waals surface area contributed by atoms with E-state index in [9.17, 15) is 12.9 Å². The van der Waals surface area contributed by atoms with Gasteiger partial charge in [0.2, 0.25) is 0 Å². The first-order chi connectivity index (χ1) is 6.27. The zero-order chi connectivity index (χ0) is 11.4. The van der Waals surface area contributed by atoms with E-state index in [4.69, 9.17) is 0 Å². The Morgan fingerprint density at radius 3 is 2.07 bits per heavy atom. The number of nitrogens with zero attached hydrogens (tertiary/aromatic N) is 1.